The first kappa shape index (κ1) is 10.0. The molecule has 0 saturated carbocycles. The van der Waals surface area contributed by atoms with Crippen molar-refractivity contribution in [2.45, 2.75) is 20.3 Å². The Hall–Kier alpha value is -1.50. The summed E-state index contributed by atoms with van der Waals surface area (Å²) < 4.78 is 2.25. The van der Waals surface area contributed by atoms with Crippen molar-refractivity contribution in [1.82, 2.24) is 4.57 Å². The first-order chi connectivity index (χ1) is 7.25. The van der Waals surface area contributed by atoms with Crippen LogP contribution in [0.1, 0.15) is 24.6 Å². The summed E-state index contributed by atoms with van der Waals surface area (Å²) in [5.74, 6) is 0. The van der Waals surface area contributed by atoms with Crippen LogP contribution >= 0.6 is 0 Å². The van der Waals surface area contributed by atoms with Crippen LogP contribution in [-0.2, 0) is 7.05 Å². The third-order valence-electron chi connectivity index (χ3n) is 2.97. The van der Waals surface area contributed by atoms with Crippen LogP contribution in [0, 0.1) is 6.92 Å². The van der Waals surface area contributed by atoms with Crippen LogP contribution in [-0.4, -0.2) is 4.57 Å². The lowest BCUT2D eigenvalue weighted by Crippen LogP contribution is -1.89. The zero-order valence-electron chi connectivity index (χ0n) is 9.62. The van der Waals surface area contributed by atoms with Gasteiger partial charge < -0.3 is 4.57 Å². The van der Waals surface area contributed by atoms with Crippen LogP contribution in [0.4, 0.5) is 0 Å². The third kappa shape index (κ3) is 1.58. The van der Waals surface area contributed by atoms with Gasteiger partial charge in [-0.3, -0.25) is 0 Å². The number of hydrogen-bond donors (Lipinski definition) is 0. The molecule has 1 nitrogen and oxygen atoms in total. The Labute approximate surface area is 91.0 Å². The van der Waals surface area contributed by atoms with E-state index in [1.807, 2.05) is 0 Å². The number of aromatic nitrogens is 1. The van der Waals surface area contributed by atoms with Crippen molar-refractivity contribution in [1.29, 1.82) is 0 Å². The van der Waals surface area contributed by atoms with E-state index in [1.165, 1.54) is 22.2 Å². The first-order valence-corrected chi connectivity index (χ1v) is 5.46. The van der Waals surface area contributed by atoms with Gasteiger partial charge in [0, 0.05) is 29.2 Å². The van der Waals surface area contributed by atoms with Crippen molar-refractivity contribution >= 4 is 17.0 Å². The molecule has 15 heavy (non-hydrogen) atoms. The highest BCUT2D eigenvalue weighted by Crippen LogP contribution is 2.25. The maximum absolute atomic E-state index is 2.25. The van der Waals surface area contributed by atoms with E-state index < -0.39 is 0 Å². The van der Waals surface area contributed by atoms with E-state index in [1.54, 1.807) is 0 Å². The summed E-state index contributed by atoms with van der Waals surface area (Å²) in [6, 6.07) is 8.56. The second-order valence-electron chi connectivity index (χ2n) is 3.89. The van der Waals surface area contributed by atoms with E-state index in [0.29, 0.717) is 0 Å². The molecule has 0 radical (unpaired) electrons. The zero-order valence-corrected chi connectivity index (χ0v) is 9.62. The number of fused-ring (bicyclic) bond motifs is 1. The Bertz CT molecular complexity index is 503. The van der Waals surface area contributed by atoms with Gasteiger partial charge >= 0.3 is 0 Å². The Balaban J connectivity index is 2.72. The summed E-state index contributed by atoms with van der Waals surface area (Å²) >= 11 is 0. The minimum Gasteiger partial charge on any atom is -0.347 e. The maximum atomic E-state index is 2.25. The Kier molecular flexibility index (Phi) is 2.63. The molecule has 0 spiro atoms. The van der Waals surface area contributed by atoms with E-state index in [4.69, 9.17) is 0 Å². The van der Waals surface area contributed by atoms with Crippen molar-refractivity contribution < 1.29 is 0 Å². The van der Waals surface area contributed by atoms with Crippen molar-refractivity contribution in [3.63, 3.8) is 0 Å². The van der Waals surface area contributed by atoms with E-state index >= 15 is 0 Å². The van der Waals surface area contributed by atoms with Crippen LogP contribution in [0.3, 0.4) is 0 Å². The highest BCUT2D eigenvalue weighted by Gasteiger charge is 2.07. The molecule has 0 aliphatic heterocycles. The molecule has 2 aromatic rings. The Morgan fingerprint density at radius 3 is 2.73 bits per heavy atom. The molecule has 2 rings (SSSR count). The van der Waals surface area contributed by atoms with Crippen LogP contribution in [0.2, 0.25) is 0 Å². The molecule has 1 heteroatoms. The molecule has 0 aliphatic rings. The lowest BCUT2D eigenvalue weighted by atomic mass is 10.1. The summed E-state index contributed by atoms with van der Waals surface area (Å²) in [7, 11) is 2.13. The van der Waals surface area contributed by atoms with Gasteiger partial charge in [0.2, 0.25) is 0 Å². The molecule has 0 atom stereocenters. The average Bonchev–Trinajstić information content (AvgIpc) is 2.51. The lowest BCUT2D eigenvalue weighted by molar-refractivity contribution is 0.916. The van der Waals surface area contributed by atoms with E-state index in [9.17, 15) is 0 Å². The van der Waals surface area contributed by atoms with Gasteiger partial charge in [0.1, 0.15) is 0 Å². The molecule has 0 saturated heterocycles. The molecular formula is C14H17N. The minimum atomic E-state index is 1.09. The van der Waals surface area contributed by atoms with Crippen LogP contribution in [0.25, 0.3) is 17.0 Å². The molecule has 1 heterocycles. The fourth-order valence-corrected chi connectivity index (χ4v) is 2.00. The molecule has 0 bridgehead atoms. The predicted molar refractivity (Wildman–Crippen MR) is 67.0 cm³/mol. The van der Waals surface area contributed by atoms with Crippen LogP contribution in [0.5, 0.6) is 0 Å². The minimum absolute atomic E-state index is 1.09. The summed E-state index contributed by atoms with van der Waals surface area (Å²) in [5, 5.41) is 1.35. The highest BCUT2D eigenvalue weighted by molar-refractivity contribution is 5.91. The van der Waals surface area contributed by atoms with Gasteiger partial charge in [-0.15, -0.1) is 0 Å². The van der Waals surface area contributed by atoms with Crippen molar-refractivity contribution in [3.05, 3.63) is 41.6 Å². The number of benzene rings is 1. The SMILES string of the molecule is CC/C=C\c1c(C)n(C)c2ccccc12. The molecule has 1 aromatic carbocycles. The van der Waals surface area contributed by atoms with E-state index in [0.717, 1.165) is 6.42 Å². The highest BCUT2D eigenvalue weighted by atomic mass is 14.9. The molecular weight excluding hydrogens is 182 g/mol. The number of rotatable bonds is 2. The summed E-state index contributed by atoms with van der Waals surface area (Å²) in [6.45, 7) is 4.34. The van der Waals surface area contributed by atoms with E-state index in [-0.39, 0.29) is 0 Å². The fraction of sp³-hybridized carbons (Fsp3) is 0.286. The predicted octanol–water partition coefficient (Wildman–Crippen LogP) is 3.91. The summed E-state index contributed by atoms with van der Waals surface area (Å²) in [6.07, 6.45) is 5.54. The van der Waals surface area contributed by atoms with Gasteiger partial charge in [0.05, 0.1) is 0 Å². The number of nitrogens with zero attached hydrogens (tertiary/aromatic N) is 1. The summed E-state index contributed by atoms with van der Waals surface area (Å²) in [5.41, 5.74) is 4.00. The lowest BCUT2D eigenvalue weighted by Gasteiger charge is -1.97. The Morgan fingerprint density at radius 1 is 1.27 bits per heavy atom. The maximum Gasteiger partial charge on any atom is 0.0486 e. The van der Waals surface area contributed by atoms with Gasteiger partial charge in [-0.2, -0.15) is 0 Å². The molecule has 0 aliphatic carbocycles. The largest absolute Gasteiger partial charge is 0.347 e. The number of aryl methyl sites for hydroxylation is 1. The topological polar surface area (TPSA) is 4.93 Å². The van der Waals surface area contributed by atoms with E-state index in [2.05, 4.69) is 61.9 Å². The molecule has 0 amide bonds. The summed E-state index contributed by atoms with van der Waals surface area (Å²) in [4.78, 5) is 0. The van der Waals surface area contributed by atoms with Crippen molar-refractivity contribution in [2.24, 2.45) is 7.05 Å². The zero-order chi connectivity index (χ0) is 10.8. The van der Waals surface area contributed by atoms with Gasteiger partial charge in [0.15, 0.2) is 0 Å². The molecule has 1 aromatic heterocycles. The number of para-hydroxylation sites is 1. The van der Waals surface area contributed by atoms with Crippen LogP contribution < -0.4 is 0 Å². The third-order valence-corrected chi connectivity index (χ3v) is 2.97. The first-order valence-electron chi connectivity index (χ1n) is 5.46. The quantitative estimate of drug-likeness (QED) is 0.691. The molecule has 78 valence electrons. The normalized spacial score (nSPS) is 11.7. The molecule has 0 unspecified atom stereocenters. The van der Waals surface area contributed by atoms with Gasteiger partial charge in [-0.25, -0.2) is 0 Å². The van der Waals surface area contributed by atoms with Gasteiger partial charge in [0.25, 0.3) is 0 Å². The second kappa shape index (κ2) is 3.93. The standard InChI is InChI=1S/C14H17N/c1-4-5-8-12-11(2)15(3)14-10-7-6-9-13(12)14/h5-10H,4H2,1-3H3/b8-5-. The van der Waals surface area contributed by atoms with Crippen molar-refractivity contribution in [3.8, 4) is 0 Å². The smallest absolute Gasteiger partial charge is 0.0486 e. The molecule has 0 fully saturated rings. The monoisotopic (exact) mass is 199 g/mol. The number of hydrogen-bond acceptors (Lipinski definition) is 0. The van der Waals surface area contributed by atoms with Gasteiger partial charge in [-0.05, 0) is 19.4 Å². The van der Waals surface area contributed by atoms with Crippen molar-refractivity contribution in [2.75, 3.05) is 0 Å². The Morgan fingerprint density at radius 2 is 2.00 bits per heavy atom. The second-order valence-corrected chi connectivity index (χ2v) is 3.89. The fourth-order valence-electron chi connectivity index (χ4n) is 2.00. The van der Waals surface area contributed by atoms with Gasteiger partial charge in [-0.1, -0.05) is 37.3 Å². The molecule has 0 N–H and O–H groups in total. The number of allylic oxidation sites excluding steroid dienone is 1. The van der Waals surface area contributed by atoms with Crippen LogP contribution in [0.15, 0.2) is 30.3 Å². The average molecular weight is 199 g/mol.